The number of rotatable bonds is 5. The molecule has 2 rings (SSSR count). The number of methoxy groups -OCH3 is 1. The minimum atomic E-state index is -0.743. The normalized spacial score (nSPS) is 10.6. The zero-order valence-electron chi connectivity index (χ0n) is 11.4. The zero-order chi connectivity index (χ0) is 16.1. The lowest BCUT2D eigenvalue weighted by atomic mass is 10.2. The second-order valence-electron chi connectivity index (χ2n) is 4.13. The number of benzene rings is 1. The molecule has 1 aromatic heterocycles. The first-order valence-electron chi connectivity index (χ1n) is 6.05. The van der Waals surface area contributed by atoms with E-state index in [1.165, 1.54) is 19.4 Å². The highest BCUT2D eigenvalue weighted by Gasteiger charge is 2.19. The van der Waals surface area contributed by atoms with Gasteiger partial charge >= 0.3 is 5.69 Å². The third kappa shape index (κ3) is 3.20. The van der Waals surface area contributed by atoms with Gasteiger partial charge in [0.15, 0.2) is 5.75 Å². The van der Waals surface area contributed by atoms with E-state index < -0.39 is 22.3 Å². The van der Waals surface area contributed by atoms with E-state index in [1.54, 1.807) is 18.3 Å². The van der Waals surface area contributed by atoms with Crippen LogP contribution in [-0.4, -0.2) is 34.2 Å². The quantitative estimate of drug-likeness (QED) is 0.436. The molecule has 9 nitrogen and oxygen atoms in total. The molecule has 1 heterocycles. The van der Waals surface area contributed by atoms with Crippen molar-refractivity contribution in [2.45, 2.75) is 0 Å². The topological polar surface area (TPSA) is 130 Å². The van der Waals surface area contributed by atoms with Gasteiger partial charge in [0.2, 0.25) is 5.75 Å². The van der Waals surface area contributed by atoms with Crippen LogP contribution < -0.4 is 10.2 Å². The van der Waals surface area contributed by atoms with Crippen molar-refractivity contribution in [1.29, 1.82) is 0 Å². The molecule has 0 saturated carbocycles. The number of carbonyl (C=O) groups excluding carboxylic acids is 1. The molecular weight excluding hydrogens is 292 g/mol. The maximum Gasteiger partial charge on any atom is 0.315 e. The van der Waals surface area contributed by atoms with E-state index in [4.69, 9.17) is 4.74 Å². The van der Waals surface area contributed by atoms with Crippen LogP contribution in [0, 0.1) is 10.1 Å². The van der Waals surface area contributed by atoms with Gasteiger partial charge in [-0.2, -0.15) is 5.10 Å². The van der Waals surface area contributed by atoms with Crippen molar-refractivity contribution in [2.75, 3.05) is 7.11 Å². The summed E-state index contributed by atoms with van der Waals surface area (Å²) in [4.78, 5) is 24.4. The number of amides is 1. The van der Waals surface area contributed by atoms with Crippen LogP contribution in [0.4, 0.5) is 5.69 Å². The van der Waals surface area contributed by atoms with Crippen molar-refractivity contribution >= 4 is 17.8 Å². The Hall–Kier alpha value is -3.36. The molecule has 22 heavy (non-hydrogen) atoms. The fraction of sp³-hybridized carbons (Fsp3) is 0.0769. The van der Waals surface area contributed by atoms with E-state index in [2.05, 4.69) is 15.5 Å². The number of carbonyl (C=O) groups is 1. The largest absolute Gasteiger partial charge is 0.500 e. The Bertz CT molecular complexity index is 724. The second kappa shape index (κ2) is 6.39. The van der Waals surface area contributed by atoms with Gasteiger partial charge in [-0.05, 0) is 18.2 Å². The Kier molecular flexibility index (Phi) is 4.37. The number of aromatic hydroxyl groups is 1. The smallest absolute Gasteiger partial charge is 0.315 e. The summed E-state index contributed by atoms with van der Waals surface area (Å²) in [6.45, 7) is 0. The molecule has 0 radical (unpaired) electrons. The number of aromatic amines is 1. The Morgan fingerprint density at radius 1 is 1.55 bits per heavy atom. The highest BCUT2D eigenvalue weighted by molar-refractivity contribution is 5.93. The van der Waals surface area contributed by atoms with Gasteiger partial charge in [-0.3, -0.25) is 14.9 Å². The first-order chi connectivity index (χ1) is 10.5. The lowest BCUT2D eigenvalue weighted by molar-refractivity contribution is -0.386. The van der Waals surface area contributed by atoms with Gasteiger partial charge in [-0.1, -0.05) is 0 Å². The predicted octanol–water partition coefficient (Wildman–Crippen LogP) is 1.40. The number of nitro benzene ring substituents is 1. The van der Waals surface area contributed by atoms with E-state index in [9.17, 15) is 20.0 Å². The lowest BCUT2D eigenvalue weighted by Crippen LogP contribution is -2.17. The van der Waals surface area contributed by atoms with Gasteiger partial charge < -0.3 is 14.8 Å². The molecule has 2 aromatic rings. The monoisotopic (exact) mass is 304 g/mol. The molecule has 3 N–H and O–H groups in total. The SMILES string of the molecule is COc1cc(/C=N/NC(=O)c2ccc[nH]2)cc([N+](=O)[O-])c1O. The summed E-state index contributed by atoms with van der Waals surface area (Å²) in [6.07, 6.45) is 2.79. The molecular formula is C13H12N4O5. The number of nitro groups is 1. The Morgan fingerprint density at radius 3 is 2.91 bits per heavy atom. The summed E-state index contributed by atoms with van der Waals surface area (Å²) in [7, 11) is 1.27. The van der Waals surface area contributed by atoms with Crippen molar-refractivity contribution in [3.63, 3.8) is 0 Å². The first kappa shape index (κ1) is 15.0. The minimum absolute atomic E-state index is 0.0636. The number of hydrazone groups is 1. The van der Waals surface area contributed by atoms with Gasteiger partial charge in [0.25, 0.3) is 5.91 Å². The van der Waals surface area contributed by atoms with Crippen LogP contribution in [-0.2, 0) is 0 Å². The Labute approximate surface area is 124 Å². The van der Waals surface area contributed by atoms with Gasteiger partial charge in [0, 0.05) is 17.8 Å². The maximum absolute atomic E-state index is 11.6. The second-order valence-corrected chi connectivity index (χ2v) is 4.13. The summed E-state index contributed by atoms with van der Waals surface area (Å²) < 4.78 is 4.85. The van der Waals surface area contributed by atoms with Crippen LogP contribution in [0.25, 0.3) is 0 Å². The minimum Gasteiger partial charge on any atom is -0.500 e. The fourth-order valence-corrected chi connectivity index (χ4v) is 1.68. The summed E-state index contributed by atoms with van der Waals surface area (Å²) >= 11 is 0. The molecule has 9 heteroatoms. The van der Waals surface area contributed by atoms with Gasteiger partial charge in [0.05, 0.1) is 18.2 Å². The summed E-state index contributed by atoms with van der Waals surface area (Å²) in [6, 6.07) is 5.70. The van der Waals surface area contributed by atoms with Crippen molar-refractivity contribution in [2.24, 2.45) is 5.10 Å². The van der Waals surface area contributed by atoms with E-state index in [0.29, 0.717) is 5.69 Å². The molecule has 0 spiro atoms. The molecule has 0 saturated heterocycles. The molecule has 0 atom stereocenters. The molecule has 1 amide bonds. The molecule has 1 aromatic carbocycles. The summed E-state index contributed by atoms with van der Waals surface area (Å²) in [5.74, 6) is -1.09. The molecule has 0 aliphatic carbocycles. The third-order valence-corrected chi connectivity index (χ3v) is 2.72. The molecule has 0 fully saturated rings. The summed E-state index contributed by atoms with van der Waals surface area (Å²) in [5.41, 5.74) is 2.35. The van der Waals surface area contributed by atoms with Crippen molar-refractivity contribution in [3.8, 4) is 11.5 Å². The standard InChI is InChI=1S/C13H12N4O5/c1-22-11-6-8(5-10(12(11)18)17(20)21)7-15-16-13(19)9-3-2-4-14-9/h2-7,14,18H,1H3,(H,16,19)/b15-7+. The predicted molar refractivity (Wildman–Crippen MR) is 77.2 cm³/mol. The molecule has 0 aliphatic heterocycles. The molecule has 0 unspecified atom stereocenters. The number of phenolic OH excluding ortho intramolecular Hbond substituents is 1. The maximum atomic E-state index is 11.6. The number of phenols is 1. The first-order valence-corrected chi connectivity index (χ1v) is 6.05. The number of aromatic nitrogens is 1. The number of hydrogen-bond acceptors (Lipinski definition) is 6. The fourth-order valence-electron chi connectivity index (χ4n) is 1.68. The van der Waals surface area contributed by atoms with Crippen LogP contribution in [0.5, 0.6) is 11.5 Å². The van der Waals surface area contributed by atoms with Crippen LogP contribution in [0.3, 0.4) is 0 Å². The molecule has 0 bridgehead atoms. The number of nitrogens with one attached hydrogen (secondary N) is 2. The Balaban J connectivity index is 2.18. The van der Waals surface area contributed by atoms with E-state index >= 15 is 0 Å². The lowest BCUT2D eigenvalue weighted by Gasteiger charge is -2.05. The molecule has 114 valence electrons. The third-order valence-electron chi connectivity index (χ3n) is 2.72. The van der Waals surface area contributed by atoms with E-state index in [0.717, 1.165) is 6.07 Å². The van der Waals surface area contributed by atoms with Crippen LogP contribution >= 0.6 is 0 Å². The number of nitrogens with zero attached hydrogens (tertiary/aromatic N) is 2. The number of hydrogen-bond donors (Lipinski definition) is 3. The van der Waals surface area contributed by atoms with Crippen LogP contribution in [0.2, 0.25) is 0 Å². The van der Waals surface area contributed by atoms with Crippen molar-refractivity contribution in [3.05, 3.63) is 51.8 Å². The highest BCUT2D eigenvalue weighted by atomic mass is 16.6. The highest BCUT2D eigenvalue weighted by Crippen LogP contribution is 2.36. The van der Waals surface area contributed by atoms with Crippen LogP contribution in [0.15, 0.2) is 35.6 Å². The number of H-pyrrole nitrogens is 1. The summed E-state index contributed by atoms with van der Waals surface area (Å²) in [5, 5.41) is 24.2. The molecule has 0 aliphatic rings. The van der Waals surface area contributed by atoms with Gasteiger partial charge in [0.1, 0.15) is 5.69 Å². The van der Waals surface area contributed by atoms with Gasteiger partial charge in [-0.25, -0.2) is 5.43 Å². The zero-order valence-corrected chi connectivity index (χ0v) is 11.4. The average molecular weight is 304 g/mol. The van der Waals surface area contributed by atoms with E-state index in [-0.39, 0.29) is 11.3 Å². The number of ether oxygens (including phenoxy) is 1. The average Bonchev–Trinajstić information content (AvgIpc) is 3.02. The Morgan fingerprint density at radius 2 is 2.32 bits per heavy atom. The van der Waals surface area contributed by atoms with Gasteiger partial charge in [-0.15, -0.1) is 0 Å². The van der Waals surface area contributed by atoms with E-state index in [1.807, 2.05) is 0 Å². The van der Waals surface area contributed by atoms with Crippen molar-refractivity contribution in [1.82, 2.24) is 10.4 Å². The van der Waals surface area contributed by atoms with Crippen LogP contribution in [0.1, 0.15) is 16.1 Å². The van der Waals surface area contributed by atoms with Crippen molar-refractivity contribution < 1.29 is 19.6 Å².